The van der Waals surface area contributed by atoms with Gasteiger partial charge >= 0.3 is 0 Å². The van der Waals surface area contributed by atoms with E-state index in [2.05, 4.69) is 31.8 Å². The van der Waals surface area contributed by atoms with Crippen LogP contribution in [0.15, 0.2) is 6.07 Å². The SMILES string of the molecule is CCc1cc(C)[nH]c1C. The highest BCUT2D eigenvalue weighted by atomic mass is 14.7. The van der Waals surface area contributed by atoms with E-state index in [-0.39, 0.29) is 0 Å². The first kappa shape index (κ1) is 6.40. The van der Waals surface area contributed by atoms with Crippen molar-refractivity contribution < 1.29 is 0 Å². The first-order chi connectivity index (χ1) is 4.24. The van der Waals surface area contributed by atoms with E-state index in [1.807, 2.05) is 0 Å². The van der Waals surface area contributed by atoms with E-state index in [0.717, 1.165) is 6.42 Å². The van der Waals surface area contributed by atoms with Crippen LogP contribution in [0, 0.1) is 13.8 Å². The normalized spacial score (nSPS) is 10.1. The van der Waals surface area contributed by atoms with Crippen molar-refractivity contribution in [3.63, 3.8) is 0 Å². The first-order valence-electron chi connectivity index (χ1n) is 3.39. The highest BCUT2D eigenvalue weighted by Gasteiger charge is 1.96. The summed E-state index contributed by atoms with van der Waals surface area (Å²) in [5.41, 5.74) is 4.02. The molecule has 1 heteroatoms. The molecule has 0 saturated carbocycles. The highest BCUT2D eigenvalue weighted by molar-refractivity contribution is 5.23. The molecule has 0 aliphatic rings. The Morgan fingerprint density at radius 1 is 1.44 bits per heavy atom. The van der Waals surface area contributed by atoms with E-state index in [0.29, 0.717) is 0 Å². The quantitative estimate of drug-likeness (QED) is 0.589. The van der Waals surface area contributed by atoms with Crippen LogP contribution in [0.3, 0.4) is 0 Å². The summed E-state index contributed by atoms with van der Waals surface area (Å²) >= 11 is 0. The maximum atomic E-state index is 3.26. The smallest absolute Gasteiger partial charge is 0.0150 e. The van der Waals surface area contributed by atoms with Crippen LogP contribution in [0.5, 0.6) is 0 Å². The first-order valence-corrected chi connectivity index (χ1v) is 3.39. The molecule has 0 aliphatic carbocycles. The van der Waals surface area contributed by atoms with Gasteiger partial charge in [0, 0.05) is 11.4 Å². The standard InChI is InChI=1S/C8H13N/c1-4-8-5-6(2)9-7(8)3/h5,9H,4H2,1-3H3. The second kappa shape index (κ2) is 2.26. The van der Waals surface area contributed by atoms with Gasteiger partial charge in [-0.05, 0) is 31.9 Å². The monoisotopic (exact) mass is 123 g/mol. The summed E-state index contributed by atoms with van der Waals surface area (Å²) in [5, 5.41) is 0. The molecule has 1 aromatic rings. The van der Waals surface area contributed by atoms with E-state index in [1.54, 1.807) is 0 Å². The molecule has 0 unspecified atom stereocenters. The summed E-state index contributed by atoms with van der Waals surface area (Å²) in [7, 11) is 0. The van der Waals surface area contributed by atoms with E-state index in [9.17, 15) is 0 Å². The number of aryl methyl sites for hydroxylation is 3. The molecular formula is C8H13N. The van der Waals surface area contributed by atoms with Crippen LogP contribution in [0.1, 0.15) is 23.9 Å². The Labute approximate surface area is 56.1 Å². The number of hydrogen-bond donors (Lipinski definition) is 1. The number of nitrogens with one attached hydrogen (secondary N) is 1. The van der Waals surface area contributed by atoms with Crippen LogP contribution in [-0.2, 0) is 6.42 Å². The fourth-order valence-electron chi connectivity index (χ4n) is 1.15. The van der Waals surface area contributed by atoms with Gasteiger partial charge in [0.15, 0.2) is 0 Å². The van der Waals surface area contributed by atoms with Gasteiger partial charge in [-0.25, -0.2) is 0 Å². The van der Waals surface area contributed by atoms with Crippen molar-refractivity contribution in [2.45, 2.75) is 27.2 Å². The molecule has 0 aromatic carbocycles. The minimum Gasteiger partial charge on any atom is -0.362 e. The summed E-state index contributed by atoms with van der Waals surface area (Å²) in [6, 6.07) is 2.20. The van der Waals surface area contributed by atoms with Gasteiger partial charge in [0.25, 0.3) is 0 Å². The van der Waals surface area contributed by atoms with E-state index in [1.165, 1.54) is 17.0 Å². The Balaban J connectivity index is 3.01. The third-order valence-corrected chi connectivity index (χ3v) is 1.64. The number of rotatable bonds is 1. The average Bonchev–Trinajstić information content (AvgIpc) is 2.10. The summed E-state index contributed by atoms with van der Waals surface area (Å²) in [6.07, 6.45) is 1.14. The number of aromatic nitrogens is 1. The molecule has 0 radical (unpaired) electrons. The predicted molar refractivity (Wildman–Crippen MR) is 39.6 cm³/mol. The van der Waals surface area contributed by atoms with Crippen LogP contribution < -0.4 is 0 Å². The third kappa shape index (κ3) is 1.15. The summed E-state index contributed by atoms with van der Waals surface area (Å²) in [5.74, 6) is 0. The molecular weight excluding hydrogens is 110 g/mol. The van der Waals surface area contributed by atoms with E-state index in [4.69, 9.17) is 0 Å². The average molecular weight is 123 g/mol. The molecule has 0 saturated heterocycles. The van der Waals surface area contributed by atoms with Crippen molar-refractivity contribution in [3.05, 3.63) is 23.0 Å². The highest BCUT2D eigenvalue weighted by Crippen LogP contribution is 2.08. The topological polar surface area (TPSA) is 15.8 Å². The van der Waals surface area contributed by atoms with Gasteiger partial charge in [-0.15, -0.1) is 0 Å². The fourth-order valence-corrected chi connectivity index (χ4v) is 1.15. The maximum Gasteiger partial charge on any atom is 0.0150 e. The molecule has 50 valence electrons. The molecule has 0 bridgehead atoms. The summed E-state index contributed by atoms with van der Waals surface area (Å²) in [6.45, 7) is 6.38. The Hall–Kier alpha value is -0.720. The molecule has 0 atom stereocenters. The lowest BCUT2D eigenvalue weighted by Crippen LogP contribution is -1.78. The number of H-pyrrole nitrogens is 1. The van der Waals surface area contributed by atoms with Gasteiger partial charge < -0.3 is 4.98 Å². The van der Waals surface area contributed by atoms with Crippen LogP contribution in [0.25, 0.3) is 0 Å². The molecule has 1 nitrogen and oxygen atoms in total. The van der Waals surface area contributed by atoms with Gasteiger partial charge in [0.05, 0.1) is 0 Å². The van der Waals surface area contributed by atoms with Crippen molar-refractivity contribution >= 4 is 0 Å². The van der Waals surface area contributed by atoms with Gasteiger partial charge in [-0.2, -0.15) is 0 Å². The minimum atomic E-state index is 1.14. The summed E-state index contributed by atoms with van der Waals surface area (Å²) in [4.78, 5) is 3.26. The third-order valence-electron chi connectivity index (χ3n) is 1.64. The lowest BCUT2D eigenvalue weighted by molar-refractivity contribution is 1.09. The second-order valence-electron chi connectivity index (χ2n) is 2.46. The molecule has 0 aliphatic heterocycles. The van der Waals surface area contributed by atoms with E-state index >= 15 is 0 Å². The van der Waals surface area contributed by atoms with Crippen molar-refractivity contribution in [2.24, 2.45) is 0 Å². The zero-order valence-electron chi connectivity index (χ0n) is 6.28. The predicted octanol–water partition coefficient (Wildman–Crippen LogP) is 2.19. The molecule has 1 rings (SSSR count). The maximum absolute atomic E-state index is 3.26. The van der Waals surface area contributed by atoms with Crippen molar-refractivity contribution in [1.82, 2.24) is 4.98 Å². The van der Waals surface area contributed by atoms with Gasteiger partial charge in [0.2, 0.25) is 0 Å². The largest absolute Gasteiger partial charge is 0.362 e. The Kier molecular flexibility index (Phi) is 1.60. The summed E-state index contributed by atoms with van der Waals surface area (Å²) < 4.78 is 0. The number of hydrogen-bond acceptors (Lipinski definition) is 0. The second-order valence-corrected chi connectivity index (χ2v) is 2.46. The lowest BCUT2D eigenvalue weighted by Gasteiger charge is -1.88. The van der Waals surface area contributed by atoms with Gasteiger partial charge in [-0.3, -0.25) is 0 Å². The van der Waals surface area contributed by atoms with Gasteiger partial charge in [-0.1, -0.05) is 6.92 Å². The van der Waals surface area contributed by atoms with Crippen molar-refractivity contribution in [3.8, 4) is 0 Å². The van der Waals surface area contributed by atoms with E-state index < -0.39 is 0 Å². The molecule has 1 heterocycles. The van der Waals surface area contributed by atoms with Crippen LogP contribution in [0.2, 0.25) is 0 Å². The zero-order chi connectivity index (χ0) is 6.85. The van der Waals surface area contributed by atoms with Crippen molar-refractivity contribution in [2.75, 3.05) is 0 Å². The van der Waals surface area contributed by atoms with Crippen LogP contribution in [0.4, 0.5) is 0 Å². The van der Waals surface area contributed by atoms with Crippen LogP contribution in [-0.4, -0.2) is 4.98 Å². The molecule has 1 aromatic heterocycles. The Morgan fingerprint density at radius 3 is 2.33 bits per heavy atom. The Bertz CT molecular complexity index is 198. The molecule has 0 amide bonds. The molecule has 1 N–H and O–H groups in total. The number of aromatic amines is 1. The zero-order valence-corrected chi connectivity index (χ0v) is 6.28. The molecule has 0 spiro atoms. The molecule has 9 heavy (non-hydrogen) atoms. The van der Waals surface area contributed by atoms with Crippen molar-refractivity contribution in [1.29, 1.82) is 0 Å². The molecule has 0 fully saturated rings. The Morgan fingerprint density at radius 2 is 2.11 bits per heavy atom. The minimum absolute atomic E-state index is 1.14. The van der Waals surface area contributed by atoms with Gasteiger partial charge in [0.1, 0.15) is 0 Å². The fraction of sp³-hybridized carbons (Fsp3) is 0.500. The lowest BCUT2D eigenvalue weighted by atomic mass is 10.2. The van der Waals surface area contributed by atoms with Crippen LogP contribution >= 0.6 is 0 Å².